The Hall–Kier alpha value is -0.660. The highest BCUT2D eigenvalue weighted by Crippen LogP contribution is 2.49. The fourth-order valence-corrected chi connectivity index (χ4v) is 3.68. The van der Waals surface area contributed by atoms with Crippen LogP contribution in [0.4, 0.5) is 0 Å². The Labute approximate surface area is 107 Å². The lowest BCUT2D eigenvalue weighted by Crippen LogP contribution is -2.24. The predicted molar refractivity (Wildman–Crippen MR) is 65.3 cm³/mol. The fourth-order valence-electron chi connectivity index (χ4n) is 1.84. The standard InChI is InChI=1S/C11H20O6S/c1-16-4-5-17-6-7-18(14,15)9-11(2-3-11)8-10(12)13/h2-9H2,1H3,(H,12,13). The van der Waals surface area contributed by atoms with E-state index < -0.39 is 21.2 Å². The Balaban J connectivity index is 2.29. The molecule has 0 amide bonds. The van der Waals surface area contributed by atoms with E-state index in [1.54, 1.807) is 7.11 Å². The van der Waals surface area contributed by atoms with Crippen LogP contribution in [-0.4, -0.2) is 57.9 Å². The summed E-state index contributed by atoms with van der Waals surface area (Å²) in [4.78, 5) is 10.6. The molecule has 0 radical (unpaired) electrons. The van der Waals surface area contributed by atoms with Gasteiger partial charge in [-0.25, -0.2) is 8.42 Å². The van der Waals surface area contributed by atoms with E-state index in [0.29, 0.717) is 26.1 Å². The Morgan fingerprint density at radius 2 is 1.94 bits per heavy atom. The molecule has 0 aliphatic heterocycles. The van der Waals surface area contributed by atoms with Gasteiger partial charge in [-0.2, -0.15) is 0 Å². The zero-order chi connectivity index (χ0) is 13.6. The molecule has 0 aromatic heterocycles. The first kappa shape index (κ1) is 15.4. The van der Waals surface area contributed by atoms with Crippen molar-refractivity contribution >= 4 is 15.8 Å². The van der Waals surface area contributed by atoms with Gasteiger partial charge in [0.05, 0.1) is 37.7 Å². The van der Waals surface area contributed by atoms with Crippen molar-refractivity contribution in [2.45, 2.75) is 19.3 Å². The molecule has 1 N–H and O–H groups in total. The summed E-state index contributed by atoms with van der Waals surface area (Å²) in [6.07, 6.45) is 1.31. The number of methoxy groups -OCH3 is 1. The molecule has 0 bridgehead atoms. The number of aliphatic carboxylic acids is 1. The van der Waals surface area contributed by atoms with E-state index in [2.05, 4.69) is 0 Å². The van der Waals surface area contributed by atoms with Gasteiger partial charge >= 0.3 is 5.97 Å². The lowest BCUT2D eigenvalue weighted by Gasteiger charge is -2.12. The van der Waals surface area contributed by atoms with Crippen LogP contribution in [0.1, 0.15) is 19.3 Å². The van der Waals surface area contributed by atoms with Crippen LogP contribution in [0.2, 0.25) is 0 Å². The molecule has 0 aromatic carbocycles. The van der Waals surface area contributed by atoms with Crippen LogP contribution in [0.25, 0.3) is 0 Å². The number of carbonyl (C=O) groups is 1. The van der Waals surface area contributed by atoms with E-state index in [1.165, 1.54) is 0 Å². The highest BCUT2D eigenvalue weighted by Gasteiger charge is 2.47. The molecular formula is C11H20O6S. The molecule has 0 aromatic rings. The van der Waals surface area contributed by atoms with Crippen LogP contribution in [0.5, 0.6) is 0 Å². The SMILES string of the molecule is COCCOCCS(=O)(=O)CC1(CC(=O)O)CC1. The van der Waals surface area contributed by atoms with Crippen molar-refractivity contribution in [3.63, 3.8) is 0 Å². The van der Waals surface area contributed by atoms with Crippen molar-refractivity contribution in [1.29, 1.82) is 0 Å². The summed E-state index contributed by atoms with van der Waals surface area (Å²) >= 11 is 0. The zero-order valence-electron chi connectivity index (χ0n) is 10.6. The predicted octanol–water partition coefficient (Wildman–Crippen LogP) is 0.319. The number of carboxylic acids is 1. The Kier molecular flexibility index (Phi) is 5.55. The molecule has 7 heteroatoms. The van der Waals surface area contributed by atoms with Gasteiger partial charge in [0.15, 0.2) is 9.84 Å². The Morgan fingerprint density at radius 1 is 1.28 bits per heavy atom. The molecule has 1 aliphatic carbocycles. The van der Waals surface area contributed by atoms with E-state index in [4.69, 9.17) is 14.6 Å². The molecule has 1 fully saturated rings. The molecule has 18 heavy (non-hydrogen) atoms. The van der Waals surface area contributed by atoms with Gasteiger partial charge in [0.25, 0.3) is 0 Å². The molecule has 0 heterocycles. The Bertz CT molecular complexity index is 371. The van der Waals surface area contributed by atoms with Crippen molar-refractivity contribution in [1.82, 2.24) is 0 Å². The summed E-state index contributed by atoms with van der Waals surface area (Å²) in [5.41, 5.74) is -0.517. The number of hydrogen-bond acceptors (Lipinski definition) is 5. The normalized spacial score (nSPS) is 17.6. The number of rotatable bonds is 10. The topological polar surface area (TPSA) is 89.9 Å². The minimum atomic E-state index is -3.24. The lowest BCUT2D eigenvalue weighted by molar-refractivity contribution is -0.138. The van der Waals surface area contributed by atoms with Crippen molar-refractivity contribution in [2.75, 3.05) is 38.4 Å². The lowest BCUT2D eigenvalue weighted by atomic mass is 10.1. The van der Waals surface area contributed by atoms with Crippen LogP contribution in [0.15, 0.2) is 0 Å². The Morgan fingerprint density at radius 3 is 2.44 bits per heavy atom. The second-order valence-electron chi connectivity index (χ2n) is 4.77. The van der Waals surface area contributed by atoms with Gasteiger partial charge in [-0.1, -0.05) is 0 Å². The van der Waals surface area contributed by atoms with E-state index in [-0.39, 0.29) is 24.5 Å². The maximum absolute atomic E-state index is 11.8. The van der Waals surface area contributed by atoms with Gasteiger partial charge in [0, 0.05) is 7.11 Å². The number of carboxylic acid groups (broad SMARTS) is 1. The molecule has 0 spiro atoms. The quantitative estimate of drug-likeness (QED) is 0.580. The molecular weight excluding hydrogens is 260 g/mol. The molecule has 1 saturated carbocycles. The highest BCUT2D eigenvalue weighted by molar-refractivity contribution is 7.91. The summed E-state index contributed by atoms with van der Waals surface area (Å²) in [5.74, 6) is -1.03. The van der Waals surface area contributed by atoms with Crippen LogP contribution in [-0.2, 0) is 24.1 Å². The van der Waals surface area contributed by atoms with Gasteiger partial charge in [0.1, 0.15) is 0 Å². The summed E-state index contributed by atoms with van der Waals surface area (Å²) in [6.45, 7) is 0.935. The van der Waals surface area contributed by atoms with Crippen molar-refractivity contribution in [3.8, 4) is 0 Å². The monoisotopic (exact) mass is 280 g/mol. The van der Waals surface area contributed by atoms with Crippen molar-refractivity contribution in [2.24, 2.45) is 5.41 Å². The smallest absolute Gasteiger partial charge is 0.303 e. The molecule has 0 atom stereocenters. The second kappa shape index (κ2) is 6.49. The van der Waals surface area contributed by atoms with Gasteiger partial charge in [-0.15, -0.1) is 0 Å². The van der Waals surface area contributed by atoms with Crippen LogP contribution < -0.4 is 0 Å². The van der Waals surface area contributed by atoms with Gasteiger partial charge < -0.3 is 14.6 Å². The molecule has 0 saturated heterocycles. The van der Waals surface area contributed by atoms with Gasteiger partial charge in [-0.05, 0) is 18.3 Å². The highest BCUT2D eigenvalue weighted by atomic mass is 32.2. The average molecular weight is 280 g/mol. The average Bonchev–Trinajstić information content (AvgIpc) is 2.95. The first-order valence-corrected chi connectivity index (χ1v) is 7.70. The van der Waals surface area contributed by atoms with E-state index >= 15 is 0 Å². The maximum atomic E-state index is 11.8. The van der Waals surface area contributed by atoms with Crippen LogP contribution in [0.3, 0.4) is 0 Å². The van der Waals surface area contributed by atoms with Gasteiger partial charge in [0.2, 0.25) is 0 Å². The fraction of sp³-hybridized carbons (Fsp3) is 0.909. The second-order valence-corrected chi connectivity index (χ2v) is 6.95. The molecule has 6 nitrogen and oxygen atoms in total. The summed E-state index contributed by atoms with van der Waals surface area (Å²) in [5, 5.41) is 8.73. The number of ether oxygens (including phenoxy) is 2. The summed E-state index contributed by atoms with van der Waals surface area (Å²) in [6, 6.07) is 0. The van der Waals surface area contributed by atoms with E-state index in [0.717, 1.165) is 0 Å². The summed E-state index contributed by atoms with van der Waals surface area (Å²) < 4.78 is 33.5. The largest absolute Gasteiger partial charge is 0.481 e. The number of sulfone groups is 1. The first-order valence-electron chi connectivity index (χ1n) is 5.88. The zero-order valence-corrected chi connectivity index (χ0v) is 11.4. The molecule has 0 unspecified atom stereocenters. The van der Waals surface area contributed by atoms with Crippen molar-refractivity contribution < 1.29 is 27.8 Å². The van der Waals surface area contributed by atoms with Gasteiger partial charge in [-0.3, -0.25) is 4.79 Å². The third kappa shape index (κ3) is 5.79. The minimum Gasteiger partial charge on any atom is -0.481 e. The van der Waals surface area contributed by atoms with Crippen LogP contribution >= 0.6 is 0 Å². The third-order valence-electron chi connectivity index (χ3n) is 2.98. The first-order chi connectivity index (χ1) is 8.39. The summed E-state index contributed by atoms with van der Waals surface area (Å²) in [7, 11) is -1.69. The maximum Gasteiger partial charge on any atom is 0.303 e. The molecule has 1 rings (SSSR count). The third-order valence-corrected chi connectivity index (χ3v) is 4.82. The minimum absolute atomic E-state index is 0.0417. The van der Waals surface area contributed by atoms with Crippen molar-refractivity contribution in [3.05, 3.63) is 0 Å². The van der Waals surface area contributed by atoms with E-state index in [9.17, 15) is 13.2 Å². The molecule has 106 valence electrons. The van der Waals surface area contributed by atoms with Crippen LogP contribution in [0, 0.1) is 5.41 Å². The number of hydrogen-bond donors (Lipinski definition) is 1. The van der Waals surface area contributed by atoms with E-state index in [1.807, 2.05) is 0 Å². The molecule has 1 aliphatic rings.